The largest absolute Gasteiger partial charge is 0.444 e. The topological polar surface area (TPSA) is 54.9 Å². The molecule has 6 heteroatoms. The van der Waals surface area contributed by atoms with Gasteiger partial charge < -0.3 is 14.4 Å². The standard InChI is InChI=1S/C16H23N3O3/c1-16(2,3)22-15(20)19-10-12-8-14(17-9-13(12)11-19)18-4-6-21-7-5-18/h8-9H,4-7,10-11H2,1-3H3. The van der Waals surface area contributed by atoms with E-state index in [1.807, 2.05) is 27.0 Å². The fourth-order valence-electron chi connectivity index (χ4n) is 2.69. The Morgan fingerprint density at radius 2 is 1.91 bits per heavy atom. The summed E-state index contributed by atoms with van der Waals surface area (Å²) in [7, 11) is 0. The Kier molecular flexibility index (Phi) is 3.95. The third kappa shape index (κ3) is 3.32. The van der Waals surface area contributed by atoms with Gasteiger partial charge in [0.25, 0.3) is 0 Å². The first-order chi connectivity index (χ1) is 10.4. The third-order valence-corrected chi connectivity index (χ3v) is 3.78. The summed E-state index contributed by atoms with van der Waals surface area (Å²) in [6, 6.07) is 2.09. The lowest BCUT2D eigenvalue weighted by atomic mass is 10.2. The Morgan fingerprint density at radius 1 is 1.23 bits per heavy atom. The van der Waals surface area contributed by atoms with Gasteiger partial charge in [0.1, 0.15) is 11.4 Å². The molecule has 0 atom stereocenters. The van der Waals surface area contributed by atoms with Gasteiger partial charge in [0, 0.05) is 25.8 Å². The zero-order chi connectivity index (χ0) is 15.7. The molecule has 120 valence electrons. The summed E-state index contributed by atoms with van der Waals surface area (Å²) in [5.41, 5.74) is 1.79. The van der Waals surface area contributed by atoms with Gasteiger partial charge in [-0.25, -0.2) is 9.78 Å². The minimum Gasteiger partial charge on any atom is -0.444 e. The van der Waals surface area contributed by atoms with Crippen molar-refractivity contribution >= 4 is 11.9 Å². The number of rotatable bonds is 1. The highest BCUT2D eigenvalue weighted by molar-refractivity contribution is 5.69. The SMILES string of the molecule is CC(C)(C)OC(=O)N1Cc2cnc(N3CCOCC3)cc2C1. The number of morpholine rings is 1. The van der Waals surface area contributed by atoms with Crippen molar-refractivity contribution in [2.75, 3.05) is 31.2 Å². The summed E-state index contributed by atoms with van der Waals surface area (Å²) in [6.45, 7) is 10.0. The van der Waals surface area contributed by atoms with E-state index in [-0.39, 0.29) is 6.09 Å². The minimum absolute atomic E-state index is 0.267. The van der Waals surface area contributed by atoms with E-state index in [0.717, 1.165) is 43.2 Å². The number of fused-ring (bicyclic) bond motifs is 1. The molecular formula is C16H23N3O3. The van der Waals surface area contributed by atoms with Crippen LogP contribution < -0.4 is 4.90 Å². The summed E-state index contributed by atoms with van der Waals surface area (Å²) < 4.78 is 10.8. The van der Waals surface area contributed by atoms with Crippen LogP contribution in [0.5, 0.6) is 0 Å². The fourth-order valence-corrected chi connectivity index (χ4v) is 2.69. The number of anilines is 1. The quantitative estimate of drug-likeness (QED) is 0.796. The molecule has 3 heterocycles. The Bertz CT molecular complexity index is 562. The van der Waals surface area contributed by atoms with E-state index in [2.05, 4.69) is 16.0 Å². The molecular weight excluding hydrogens is 282 g/mol. The average Bonchev–Trinajstić information content (AvgIpc) is 2.89. The van der Waals surface area contributed by atoms with E-state index in [9.17, 15) is 4.79 Å². The molecule has 6 nitrogen and oxygen atoms in total. The molecule has 1 aromatic heterocycles. The normalized spacial score (nSPS) is 18.3. The molecule has 0 N–H and O–H groups in total. The van der Waals surface area contributed by atoms with Crippen molar-refractivity contribution in [2.24, 2.45) is 0 Å². The summed E-state index contributed by atoms with van der Waals surface area (Å²) >= 11 is 0. The maximum Gasteiger partial charge on any atom is 0.410 e. The van der Waals surface area contributed by atoms with Crippen LogP contribution in [0.25, 0.3) is 0 Å². The van der Waals surface area contributed by atoms with Gasteiger partial charge in [0.2, 0.25) is 0 Å². The van der Waals surface area contributed by atoms with E-state index in [0.29, 0.717) is 13.1 Å². The lowest BCUT2D eigenvalue weighted by Gasteiger charge is -2.28. The van der Waals surface area contributed by atoms with Crippen LogP contribution in [0.4, 0.5) is 10.6 Å². The molecule has 0 saturated carbocycles. The van der Waals surface area contributed by atoms with Gasteiger partial charge in [-0.05, 0) is 38.0 Å². The second-order valence-electron chi connectivity index (χ2n) is 6.75. The molecule has 0 spiro atoms. The maximum absolute atomic E-state index is 12.2. The lowest BCUT2D eigenvalue weighted by molar-refractivity contribution is 0.0242. The summed E-state index contributed by atoms with van der Waals surface area (Å²) in [5.74, 6) is 0.966. The maximum atomic E-state index is 12.2. The number of nitrogens with zero attached hydrogens (tertiary/aromatic N) is 3. The van der Waals surface area contributed by atoms with Crippen molar-refractivity contribution in [3.05, 3.63) is 23.4 Å². The number of pyridine rings is 1. The van der Waals surface area contributed by atoms with Crippen LogP contribution in [-0.4, -0.2) is 47.9 Å². The lowest BCUT2D eigenvalue weighted by Crippen LogP contribution is -2.36. The number of carbonyl (C=O) groups excluding carboxylic acids is 1. The number of aromatic nitrogens is 1. The van der Waals surface area contributed by atoms with E-state index < -0.39 is 5.60 Å². The Balaban J connectivity index is 1.69. The predicted molar refractivity (Wildman–Crippen MR) is 82.8 cm³/mol. The van der Waals surface area contributed by atoms with Crippen LogP contribution in [0.3, 0.4) is 0 Å². The van der Waals surface area contributed by atoms with Gasteiger partial charge in [-0.15, -0.1) is 0 Å². The molecule has 22 heavy (non-hydrogen) atoms. The van der Waals surface area contributed by atoms with Crippen molar-refractivity contribution in [1.82, 2.24) is 9.88 Å². The summed E-state index contributed by atoms with van der Waals surface area (Å²) in [4.78, 5) is 20.7. The molecule has 2 aliphatic rings. The van der Waals surface area contributed by atoms with Crippen LogP contribution in [0.1, 0.15) is 31.9 Å². The molecule has 0 bridgehead atoms. The highest BCUT2D eigenvalue weighted by Crippen LogP contribution is 2.27. The van der Waals surface area contributed by atoms with E-state index in [1.165, 1.54) is 0 Å². The van der Waals surface area contributed by atoms with E-state index >= 15 is 0 Å². The molecule has 3 rings (SSSR count). The molecule has 0 unspecified atom stereocenters. The number of hydrogen-bond donors (Lipinski definition) is 0. The molecule has 1 saturated heterocycles. The Labute approximate surface area is 131 Å². The van der Waals surface area contributed by atoms with Gasteiger partial charge in [-0.2, -0.15) is 0 Å². The number of ether oxygens (including phenoxy) is 2. The van der Waals surface area contributed by atoms with Crippen LogP contribution in [0.15, 0.2) is 12.3 Å². The molecule has 0 aliphatic carbocycles. The van der Waals surface area contributed by atoms with Gasteiger partial charge in [-0.1, -0.05) is 0 Å². The van der Waals surface area contributed by atoms with E-state index in [1.54, 1.807) is 4.90 Å². The van der Waals surface area contributed by atoms with Crippen LogP contribution in [-0.2, 0) is 22.6 Å². The zero-order valence-corrected chi connectivity index (χ0v) is 13.5. The zero-order valence-electron chi connectivity index (χ0n) is 13.5. The highest BCUT2D eigenvalue weighted by atomic mass is 16.6. The predicted octanol–water partition coefficient (Wildman–Crippen LogP) is 2.17. The van der Waals surface area contributed by atoms with Crippen LogP contribution >= 0.6 is 0 Å². The van der Waals surface area contributed by atoms with Gasteiger partial charge in [-0.3, -0.25) is 4.90 Å². The summed E-state index contributed by atoms with van der Waals surface area (Å²) in [5, 5.41) is 0. The minimum atomic E-state index is -0.469. The molecule has 1 amide bonds. The summed E-state index contributed by atoms with van der Waals surface area (Å²) in [6.07, 6.45) is 1.61. The first kappa shape index (κ1) is 15.1. The molecule has 1 fully saturated rings. The van der Waals surface area contributed by atoms with Gasteiger partial charge in [0.15, 0.2) is 0 Å². The first-order valence-electron chi connectivity index (χ1n) is 7.71. The third-order valence-electron chi connectivity index (χ3n) is 3.78. The molecule has 1 aromatic rings. The molecule has 2 aliphatic heterocycles. The Morgan fingerprint density at radius 3 is 2.59 bits per heavy atom. The van der Waals surface area contributed by atoms with Crippen molar-refractivity contribution in [3.63, 3.8) is 0 Å². The van der Waals surface area contributed by atoms with Gasteiger partial charge in [0.05, 0.1) is 19.8 Å². The molecule has 0 aromatic carbocycles. The monoisotopic (exact) mass is 305 g/mol. The van der Waals surface area contributed by atoms with Crippen molar-refractivity contribution in [1.29, 1.82) is 0 Å². The van der Waals surface area contributed by atoms with Crippen molar-refractivity contribution in [2.45, 2.75) is 39.5 Å². The smallest absolute Gasteiger partial charge is 0.410 e. The first-order valence-corrected chi connectivity index (χ1v) is 7.71. The second kappa shape index (κ2) is 5.76. The van der Waals surface area contributed by atoms with Crippen molar-refractivity contribution in [3.8, 4) is 0 Å². The number of amides is 1. The highest BCUT2D eigenvalue weighted by Gasteiger charge is 2.28. The fraction of sp³-hybridized carbons (Fsp3) is 0.625. The number of carbonyl (C=O) groups is 1. The van der Waals surface area contributed by atoms with Crippen molar-refractivity contribution < 1.29 is 14.3 Å². The van der Waals surface area contributed by atoms with Crippen LogP contribution in [0, 0.1) is 0 Å². The van der Waals surface area contributed by atoms with E-state index in [4.69, 9.17) is 9.47 Å². The average molecular weight is 305 g/mol. The second-order valence-corrected chi connectivity index (χ2v) is 6.75. The molecule has 0 radical (unpaired) electrons. The van der Waals surface area contributed by atoms with Crippen LogP contribution in [0.2, 0.25) is 0 Å². The number of hydrogen-bond acceptors (Lipinski definition) is 5. The van der Waals surface area contributed by atoms with Gasteiger partial charge >= 0.3 is 6.09 Å². The Hall–Kier alpha value is -1.82.